The normalized spacial score (nSPS) is 26.2. The number of piperidine rings is 1. The molecule has 1 aromatic heterocycles. The number of hydrogen-bond acceptors (Lipinski definition) is 3. The molecule has 3 nitrogen and oxygen atoms in total. The van der Waals surface area contributed by atoms with Crippen LogP contribution in [0.25, 0.3) is 0 Å². The fourth-order valence-corrected chi connectivity index (χ4v) is 3.07. The van der Waals surface area contributed by atoms with Crippen LogP contribution in [0.5, 0.6) is 0 Å². The van der Waals surface area contributed by atoms with Gasteiger partial charge in [0, 0.05) is 12.4 Å². The second-order valence-electron chi connectivity index (χ2n) is 5.36. The van der Waals surface area contributed by atoms with E-state index < -0.39 is 0 Å². The molecule has 17 heavy (non-hydrogen) atoms. The molecule has 3 heteroatoms. The molecule has 0 aromatic carbocycles. The van der Waals surface area contributed by atoms with E-state index in [1.807, 2.05) is 0 Å². The predicted molar refractivity (Wildman–Crippen MR) is 67.8 cm³/mol. The van der Waals surface area contributed by atoms with Crippen molar-refractivity contribution in [1.29, 1.82) is 0 Å². The molecule has 3 rings (SSSR count). The maximum Gasteiger partial charge on any atom is 0.145 e. The van der Waals surface area contributed by atoms with Gasteiger partial charge in [-0.2, -0.15) is 0 Å². The number of nitrogens with zero attached hydrogens (tertiary/aromatic N) is 2. The minimum atomic E-state index is 0.390. The van der Waals surface area contributed by atoms with Gasteiger partial charge in [-0.15, -0.1) is 0 Å². The van der Waals surface area contributed by atoms with E-state index in [1.54, 1.807) is 0 Å². The highest BCUT2D eigenvalue weighted by molar-refractivity contribution is 5.14. The molecule has 1 aliphatic carbocycles. The zero-order chi connectivity index (χ0) is 11.5. The molecule has 0 amide bonds. The lowest BCUT2D eigenvalue weighted by molar-refractivity contribution is 0.396. The van der Waals surface area contributed by atoms with Crippen LogP contribution in [-0.4, -0.2) is 16.5 Å². The first-order valence-electron chi connectivity index (χ1n) is 6.99. The molecule has 1 aliphatic heterocycles. The predicted octanol–water partition coefficient (Wildman–Crippen LogP) is 2.95. The summed E-state index contributed by atoms with van der Waals surface area (Å²) >= 11 is 0. The second-order valence-corrected chi connectivity index (χ2v) is 5.36. The minimum absolute atomic E-state index is 0.390. The highest BCUT2D eigenvalue weighted by Gasteiger charge is 2.20. The van der Waals surface area contributed by atoms with E-state index >= 15 is 0 Å². The molecule has 1 aromatic rings. The van der Waals surface area contributed by atoms with E-state index in [1.165, 1.54) is 50.5 Å². The molecule has 1 atom stereocenters. The first-order chi connectivity index (χ1) is 8.43. The van der Waals surface area contributed by atoms with E-state index in [2.05, 4.69) is 27.7 Å². The molecule has 1 saturated heterocycles. The standard InChI is InChI=1S/C14H21N3/c1-2-6-11(5-1)12-9-16-14(17-10-12)13-7-3-4-8-15-13/h9-11,13,15H,1-8H2. The molecule has 2 heterocycles. The third-order valence-electron chi connectivity index (χ3n) is 4.14. The van der Waals surface area contributed by atoms with Crippen LogP contribution in [0.3, 0.4) is 0 Å². The number of rotatable bonds is 2. The van der Waals surface area contributed by atoms with Gasteiger partial charge in [0.25, 0.3) is 0 Å². The summed E-state index contributed by atoms with van der Waals surface area (Å²) in [6.07, 6.45) is 13.3. The molecule has 0 bridgehead atoms. The maximum atomic E-state index is 4.57. The third-order valence-corrected chi connectivity index (χ3v) is 4.14. The Bertz CT molecular complexity index is 348. The van der Waals surface area contributed by atoms with Gasteiger partial charge in [0.2, 0.25) is 0 Å². The summed E-state index contributed by atoms with van der Waals surface area (Å²) in [5.74, 6) is 1.72. The smallest absolute Gasteiger partial charge is 0.145 e. The first kappa shape index (κ1) is 11.1. The van der Waals surface area contributed by atoms with E-state index in [-0.39, 0.29) is 0 Å². The highest BCUT2D eigenvalue weighted by atomic mass is 15.0. The average Bonchev–Trinajstić information content (AvgIpc) is 2.94. The van der Waals surface area contributed by atoms with Crippen LogP contribution in [0.4, 0.5) is 0 Å². The van der Waals surface area contributed by atoms with Gasteiger partial charge in [0.15, 0.2) is 0 Å². The van der Waals surface area contributed by atoms with E-state index in [9.17, 15) is 0 Å². The summed E-state index contributed by atoms with van der Waals surface area (Å²) < 4.78 is 0. The molecule has 2 aliphatic rings. The molecular formula is C14H21N3. The summed E-state index contributed by atoms with van der Waals surface area (Å²) in [5.41, 5.74) is 1.35. The topological polar surface area (TPSA) is 37.8 Å². The lowest BCUT2D eigenvalue weighted by Gasteiger charge is -2.22. The Morgan fingerprint density at radius 3 is 2.29 bits per heavy atom. The fraction of sp³-hybridized carbons (Fsp3) is 0.714. The van der Waals surface area contributed by atoms with Gasteiger partial charge in [0.1, 0.15) is 5.82 Å². The number of aromatic nitrogens is 2. The van der Waals surface area contributed by atoms with Crippen LogP contribution in [0.15, 0.2) is 12.4 Å². The van der Waals surface area contributed by atoms with Crippen molar-refractivity contribution in [1.82, 2.24) is 15.3 Å². The summed E-state index contributed by atoms with van der Waals surface area (Å²) in [4.78, 5) is 9.15. The highest BCUT2D eigenvalue weighted by Crippen LogP contribution is 2.33. The van der Waals surface area contributed by atoms with Gasteiger partial charge in [-0.1, -0.05) is 19.3 Å². The van der Waals surface area contributed by atoms with Gasteiger partial charge in [-0.05, 0) is 43.7 Å². The Hall–Kier alpha value is -0.960. The van der Waals surface area contributed by atoms with Crippen LogP contribution < -0.4 is 5.32 Å². The molecule has 1 N–H and O–H groups in total. The monoisotopic (exact) mass is 231 g/mol. The van der Waals surface area contributed by atoms with Crippen molar-refractivity contribution in [2.75, 3.05) is 6.54 Å². The third kappa shape index (κ3) is 2.49. The van der Waals surface area contributed by atoms with Crippen LogP contribution in [-0.2, 0) is 0 Å². The molecule has 92 valence electrons. The van der Waals surface area contributed by atoms with Crippen molar-refractivity contribution in [3.05, 3.63) is 23.8 Å². The summed E-state index contributed by atoms with van der Waals surface area (Å²) in [6.45, 7) is 1.11. The Morgan fingerprint density at radius 2 is 1.65 bits per heavy atom. The summed E-state index contributed by atoms with van der Waals surface area (Å²) in [5, 5.41) is 3.50. The Balaban J connectivity index is 1.70. The van der Waals surface area contributed by atoms with Crippen LogP contribution in [0.1, 0.15) is 68.3 Å². The van der Waals surface area contributed by atoms with Crippen molar-refractivity contribution in [3.63, 3.8) is 0 Å². The van der Waals surface area contributed by atoms with Gasteiger partial charge in [0.05, 0.1) is 6.04 Å². The van der Waals surface area contributed by atoms with Crippen molar-refractivity contribution >= 4 is 0 Å². The van der Waals surface area contributed by atoms with E-state index in [0.717, 1.165) is 18.3 Å². The summed E-state index contributed by atoms with van der Waals surface area (Å²) in [6, 6.07) is 0.390. The Labute approximate surface area is 103 Å². The van der Waals surface area contributed by atoms with Crippen molar-refractivity contribution in [3.8, 4) is 0 Å². The maximum absolute atomic E-state index is 4.57. The number of hydrogen-bond donors (Lipinski definition) is 1. The molecule has 2 fully saturated rings. The van der Waals surface area contributed by atoms with Crippen molar-refractivity contribution in [2.24, 2.45) is 0 Å². The molecule has 0 spiro atoms. The van der Waals surface area contributed by atoms with Crippen LogP contribution in [0.2, 0.25) is 0 Å². The Morgan fingerprint density at radius 1 is 0.941 bits per heavy atom. The summed E-state index contributed by atoms with van der Waals surface area (Å²) in [7, 11) is 0. The zero-order valence-corrected chi connectivity index (χ0v) is 10.4. The Kier molecular flexibility index (Phi) is 3.36. The van der Waals surface area contributed by atoms with Gasteiger partial charge >= 0.3 is 0 Å². The lowest BCUT2D eigenvalue weighted by Crippen LogP contribution is -2.28. The largest absolute Gasteiger partial charge is 0.307 e. The van der Waals surface area contributed by atoms with Gasteiger partial charge in [-0.3, -0.25) is 0 Å². The first-order valence-corrected chi connectivity index (χ1v) is 6.99. The second kappa shape index (κ2) is 5.13. The molecule has 0 radical (unpaired) electrons. The molecular weight excluding hydrogens is 210 g/mol. The van der Waals surface area contributed by atoms with E-state index in [0.29, 0.717) is 6.04 Å². The van der Waals surface area contributed by atoms with Crippen molar-refractivity contribution < 1.29 is 0 Å². The van der Waals surface area contributed by atoms with Crippen molar-refractivity contribution in [2.45, 2.75) is 56.9 Å². The lowest BCUT2D eigenvalue weighted by atomic mass is 10.0. The fourth-order valence-electron chi connectivity index (χ4n) is 3.07. The quantitative estimate of drug-likeness (QED) is 0.850. The zero-order valence-electron chi connectivity index (χ0n) is 10.4. The minimum Gasteiger partial charge on any atom is -0.307 e. The number of nitrogens with one attached hydrogen (secondary N) is 1. The van der Waals surface area contributed by atoms with Gasteiger partial charge in [-0.25, -0.2) is 9.97 Å². The SMILES string of the molecule is c1nc(C2CCCCN2)ncc1C1CCCC1. The molecule has 1 unspecified atom stereocenters. The average molecular weight is 231 g/mol. The van der Waals surface area contributed by atoms with Crippen LogP contribution in [0, 0.1) is 0 Å². The van der Waals surface area contributed by atoms with Gasteiger partial charge < -0.3 is 5.32 Å². The van der Waals surface area contributed by atoms with E-state index in [4.69, 9.17) is 0 Å². The molecule has 1 saturated carbocycles. The van der Waals surface area contributed by atoms with Crippen LogP contribution >= 0.6 is 0 Å².